The van der Waals surface area contributed by atoms with Gasteiger partial charge in [0.15, 0.2) is 11.9 Å². The minimum Gasteiger partial charge on any atom is -0.485 e. The zero-order chi connectivity index (χ0) is 20.7. The molecule has 0 aromatic carbocycles. The lowest BCUT2D eigenvalue weighted by Gasteiger charge is -2.45. The van der Waals surface area contributed by atoms with Crippen molar-refractivity contribution < 1.29 is 38.6 Å². The number of ketones is 4. The van der Waals surface area contributed by atoms with Crippen LogP contribution in [-0.4, -0.2) is 52.6 Å². The standard InChI is InChI=1S/C19H21NO8/c1-7(21)10-4-5-12-16(14(10)9(3)23)27-17-13(20-12)6-11(8(2)22)15(24)18(17)28-19(25)26/h4-5,10-11,13-14,17-18,20H,6H2,1-3H3,(H,25,26). The molecule has 1 fully saturated rings. The molecule has 9 heteroatoms. The summed E-state index contributed by atoms with van der Waals surface area (Å²) >= 11 is 0. The number of carbonyl (C=O) groups excluding carboxylic acids is 4. The van der Waals surface area contributed by atoms with Gasteiger partial charge < -0.3 is 19.9 Å². The zero-order valence-electron chi connectivity index (χ0n) is 15.6. The molecule has 0 amide bonds. The molecule has 1 aliphatic heterocycles. The number of hydrogen-bond donors (Lipinski definition) is 2. The Hall–Kier alpha value is -2.97. The summed E-state index contributed by atoms with van der Waals surface area (Å²) in [5, 5.41) is 12.2. The molecule has 0 saturated heterocycles. The molecule has 2 aliphatic carbocycles. The van der Waals surface area contributed by atoms with Gasteiger partial charge in [-0.1, -0.05) is 6.08 Å². The highest BCUT2D eigenvalue weighted by molar-refractivity contribution is 6.05. The van der Waals surface area contributed by atoms with E-state index in [4.69, 9.17) is 14.6 Å². The summed E-state index contributed by atoms with van der Waals surface area (Å²) in [5.74, 6) is -3.98. The van der Waals surface area contributed by atoms with E-state index in [2.05, 4.69) is 5.32 Å². The fraction of sp³-hybridized carbons (Fsp3) is 0.526. The molecule has 0 aromatic heterocycles. The van der Waals surface area contributed by atoms with Crippen molar-refractivity contribution >= 4 is 29.3 Å². The highest BCUT2D eigenvalue weighted by Crippen LogP contribution is 2.39. The van der Waals surface area contributed by atoms with E-state index in [-0.39, 0.29) is 29.5 Å². The summed E-state index contributed by atoms with van der Waals surface area (Å²) in [4.78, 5) is 59.8. The van der Waals surface area contributed by atoms with E-state index in [1.807, 2.05) is 0 Å². The summed E-state index contributed by atoms with van der Waals surface area (Å²) < 4.78 is 10.7. The van der Waals surface area contributed by atoms with E-state index in [1.54, 1.807) is 12.2 Å². The molecule has 28 heavy (non-hydrogen) atoms. The quantitative estimate of drug-likeness (QED) is 0.526. The van der Waals surface area contributed by atoms with Crippen molar-refractivity contribution in [3.05, 3.63) is 23.6 Å². The van der Waals surface area contributed by atoms with E-state index >= 15 is 0 Å². The molecule has 0 spiro atoms. The van der Waals surface area contributed by atoms with Crippen molar-refractivity contribution in [1.29, 1.82) is 0 Å². The SMILES string of the molecule is CC(=O)C1CC2NC3=C(OC2C(OC(=O)O)C1=O)C(C(C)=O)C(C(C)=O)C=C3. The lowest BCUT2D eigenvalue weighted by Crippen LogP contribution is -2.62. The van der Waals surface area contributed by atoms with Gasteiger partial charge in [0, 0.05) is 0 Å². The number of carboxylic acid groups (broad SMARTS) is 1. The van der Waals surface area contributed by atoms with Gasteiger partial charge in [-0.3, -0.25) is 19.2 Å². The van der Waals surface area contributed by atoms with Crippen LogP contribution in [0.4, 0.5) is 4.79 Å². The lowest BCUT2D eigenvalue weighted by atomic mass is 9.75. The molecule has 6 atom stereocenters. The van der Waals surface area contributed by atoms with Crippen LogP contribution < -0.4 is 5.32 Å². The number of hydrogen-bond acceptors (Lipinski definition) is 8. The van der Waals surface area contributed by atoms with Gasteiger partial charge >= 0.3 is 6.16 Å². The van der Waals surface area contributed by atoms with Crippen molar-refractivity contribution in [1.82, 2.24) is 5.32 Å². The van der Waals surface area contributed by atoms with Gasteiger partial charge in [0.1, 0.15) is 23.1 Å². The first-order valence-electron chi connectivity index (χ1n) is 8.92. The van der Waals surface area contributed by atoms with Gasteiger partial charge in [-0.05, 0) is 33.3 Å². The Morgan fingerprint density at radius 3 is 2.36 bits per heavy atom. The summed E-state index contributed by atoms with van der Waals surface area (Å²) in [6.45, 7) is 3.97. The molecular weight excluding hydrogens is 370 g/mol. The highest BCUT2D eigenvalue weighted by atomic mass is 16.7. The predicted octanol–water partition coefficient (Wildman–Crippen LogP) is 0.776. The number of fused-ring (bicyclic) bond motifs is 1. The van der Waals surface area contributed by atoms with Crippen molar-refractivity contribution in [3.63, 3.8) is 0 Å². The first-order chi connectivity index (χ1) is 13.1. The average Bonchev–Trinajstić information content (AvgIpc) is 2.60. The van der Waals surface area contributed by atoms with E-state index in [0.29, 0.717) is 5.70 Å². The van der Waals surface area contributed by atoms with Crippen LogP contribution in [0.5, 0.6) is 0 Å². The number of Topliss-reactive ketones (excluding diaryl/α,β-unsaturated/α-hetero) is 4. The van der Waals surface area contributed by atoms with E-state index < -0.39 is 47.9 Å². The van der Waals surface area contributed by atoms with Crippen LogP contribution in [0.15, 0.2) is 23.6 Å². The number of nitrogens with one attached hydrogen (secondary N) is 1. The second-order valence-electron chi connectivity index (χ2n) is 7.30. The predicted molar refractivity (Wildman–Crippen MR) is 93.0 cm³/mol. The molecule has 0 bridgehead atoms. The molecule has 6 unspecified atom stereocenters. The Labute approximate surface area is 160 Å². The molecule has 1 saturated carbocycles. The lowest BCUT2D eigenvalue weighted by molar-refractivity contribution is -0.155. The normalized spacial score (nSPS) is 33.8. The Kier molecular flexibility index (Phi) is 5.10. The maximum atomic E-state index is 12.6. The fourth-order valence-corrected chi connectivity index (χ4v) is 4.09. The minimum absolute atomic E-state index is 0.115. The van der Waals surface area contributed by atoms with Crippen LogP contribution in [0.1, 0.15) is 27.2 Å². The third-order valence-electron chi connectivity index (χ3n) is 5.42. The van der Waals surface area contributed by atoms with Gasteiger partial charge in [-0.25, -0.2) is 4.79 Å². The molecule has 2 N–H and O–H groups in total. The highest BCUT2D eigenvalue weighted by Gasteiger charge is 2.53. The van der Waals surface area contributed by atoms with E-state index in [9.17, 15) is 24.0 Å². The van der Waals surface area contributed by atoms with Crippen molar-refractivity contribution in [3.8, 4) is 0 Å². The third-order valence-corrected chi connectivity index (χ3v) is 5.42. The Morgan fingerprint density at radius 1 is 1.14 bits per heavy atom. The molecule has 1 heterocycles. The van der Waals surface area contributed by atoms with Gasteiger partial charge in [0.25, 0.3) is 0 Å². The number of allylic oxidation sites excluding steroid dienone is 3. The van der Waals surface area contributed by atoms with E-state index in [1.165, 1.54) is 20.8 Å². The van der Waals surface area contributed by atoms with Gasteiger partial charge in [0.2, 0.25) is 6.10 Å². The maximum absolute atomic E-state index is 12.6. The molecule has 150 valence electrons. The Morgan fingerprint density at radius 2 is 1.82 bits per heavy atom. The molecule has 9 nitrogen and oxygen atoms in total. The van der Waals surface area contributed by atoms with Gasteiger partial charge in [0.05, 0.1) is 29.5 Å². The van der Waals surface area contributed by atoms with Crippen molar-refractivity contribution in [2.24, 2.45) is 17.8 Å². The van der Waals surface area contributed by atoms with Crippen LogP contribution in [0, 0.1) is 17.8 Å². The first kappa shape index (κ1) is 19.8. The number of carbonyl (C=O) groups is 5. The van der Waals surface area contributed by atoms with Crippen LogP contribution >= 0.6 is 0 Å². The fourth-order valence-electron chi connectivity index (χ4n) is 4.09. The molecule has 3 rings (SSSR count). The second kappa shape index (κ2) is 7.21. The summed E-state index contributed by atoms with van der Waals surface area (Å²) in [5.41, 5.74) is 0.477. The Balaban J connectivity index is 2.00. The molecule has 0 radical (unpaired) electrons. The maximum Gasteiger partial charge on any atom is 0.506 e. The van der Waals surface area contributed by atoms with Crippen molar-refractivity contribution in [2.45, 2.75) is 45.4 Å². The first-order valence-corrected chi connectivity index (χ1v) is 8.92. The monoisotopic (exact) mass is 391 g/mol. The number of ether oxygens (including phenoxy) is 2. The van der Waals surface area contributed by atoms with Crippen LogP contribution in [0.25, 0.3) is 0 Å². The molecule has 0 aromatic rings. The second-order valence-corrected chi connectivity index (χ2v) is 7.30. The van der Waals surface area contributed by atoms with Crippen LogP contribution in [0.2, 0.25) is 0 Å². The smallest absolute Gasteiger partial charge is 0.485 e. The zero-order valence-corrected chi connectivity index (χ0v) is 15.6. The molecular formula is C19H21NO8. The summed E-state index contributed by atoms with van der Waals surface area (Å²) in [6.07, 6.45) is -0.864. The molecule has 3 aliphatic rings. The van der Waals surface area contributed by atoms with Crippen molar-refractivity contribution in [2.75, 3.05) is 0 Å². The van der Waals surface area contributed by atoms with Gasteiger partial charge in [-0.15, -0.1) is 0 Å². The minimum atomic E-state index is -1.67. The summed E-state index contributed by atoms with van der Waals surface area (Å²) in [7, 11) is 0. The Bertz CT molecular complexity index is 826. The van der Waals surface area contributed by atoms with E-state index in [0.717, 1.165) is 0 Å². The summed E-state index contributed by atoms with van der Waals surface area (Å²) in [6, 6.07) is -0.569. The largest absolute Gasteiger partial charge is 0.506 e. The van der Waals surface area contributed by atoms with Crippen LogP contribution in [0.3, 0.4) is 0 Å². The number of rotatable bonds is 4. The average molecular weight is 391 g/mol. The third kappa shape index (κ3) is 3.32. The van der Waals surface area contributed by atoms with Gasteiger partial charge in [-0.2, -0.15) is 0 Å². The topological polar surface area (TPSA) is 136 Å². The van der Waals surface area contributed by atoms with Crippen LogP contribution in [-0.2, 0) is 28.7 Å².